The van der Waals surface area contributed by atoms with Gasteiger partial charge in [0.05, 0.1) is 12.5 Å². The number of ketones is 1. The fourth-order valence-corrected chi connectivity index (χ4v) is 2.77. The molecule has 0 saturated carbocycles. The lowest BCUT2D eigenvalue weighted by molar-refractivity contribution is 0.101. The van der Waals surface area contributed by atoms with E-state index in [0.717, 1.165) is 22.3 Å². The van der Waals surface area contributed by atoms with Crippen LogP contribution in [-0.2, 0) is 0 Å². The van der Waals surface area contributed by atoms with Gasteiger partial charge in [-0.15, -0.1) is 0 Å². The summed E-state index contributed by atoms with van der Waals surface area (Å²) in [6.45, 7) is 3.64. The molecule has 1 unspecified atom stereocenters. The summed E-state index contributed by atoms with van der Waals surface area (Å²) in [4.78, 5) is 11.5. The van der Waals surface area contributed by atoms with Crippen LogP contribution < -0.4 is 0 Å². The van der Waals surface area contributed by atoms with Gasteiger partial charge in [-0.3, -0.25) is 4.79 Å². The molecule has 0 bridgehead atoms. The van der Waals surface area contributed by atoms with E-state index < -0.39 is 0 Å². The van der Waals surface area contributed by atoms with E-state index in [1.165, 1.54) is 5.56 Å². The third-order valence-electron chi connectivity index (χ3n) is 3.99. The predicted molar refractivity (Wildman–Crippen MR) is 87.3 cm³/mol. The van der Waals surface area contributed by atoms with Gasteiger partial charge in [0, 0.05) is 17.0 Å². The largest absolute Gasteiger partial charge is 0.472 e. The molecule has 22 heavy (non-hydrogen) atoms. The molecule has 3 rings (SSSR count). The van der Waals surface area contributed by atoms with E-state index in [4.69, 9.17) is 4.42 Å². The third-order valence-corrected chi connectivity index (χ3v) is 3.99. The Labute approximate surface area is 130 Å². The molecule has 0 aliphatic heterocycles. The molecule has 2 nitrogen and oxygen atoms in total. The molecule has 0 aliphatic carbocycles. The molecular formula is C20H18O2. The molecule has 0 radical (unpaired) electrons. The van der Waals surface area contributed by atoms with E-state index in [1.54, 1.807) is 13.2 Å². The van der Waals surface area contributed by atoms with Gasteiger partial charge in [-0.2, -0.15) is 0 Å². The Morgan fingerprint density at radius 2 is 1.55 bits per heavy atom. The Morgan fingerprint density at radius 1 is 0.909 bits per heavy atom. The molecule has 0 aliphatic rings. The lowest BCUT2D eigenvalue weighted by Crippen LogP contribution is -2.04. The summed E-state index contributed by atoms with van der Waals surface area (Å²) in [7, 11) is 0. The molecule has 0 N–H and O–H groups in total. The molecule has 110 valence electrons. The van der Waals surface area contributed by atoms with Crippen molar-refractivity contribution in [2.75, 3.05) is 0 Å². The second kappa shape index (κ2) is 6.02. The summed E-state index contributed by atoms with van der Waals surface area (Å²) >= 11 is 0. The summed E-state index contributed by atoms with van der Waals surface area (Å²) in [6.07, 6.45) is 3.58. The molecule has 0 amide bonds. The van der Waals surface area contributed by atoms with E-state index in [2.05, 4.69) is 19.1 Å². The van der Waals surface area contributed by atoms with Gasteiger partial charge in [0.25, 0.3) is 0 Å². The van der Waals surface area contributed by atoms with Gasteiger partial charge < -0.3 is 4.42 Å². The second-order valence-electron chi connectivity index (χ2n) is 5.53. The van der Waals surface area contributed by atoms with Crippen LogP contribution in [0.5, 0.6) is 0 Å². The normalized spacial score (nSPS) is 12.1. The van der Waals surface area contributed by atoms with Crippen LogP contribution in [0.2, 0.25) is 0 Å². The van der Waals surface area contributed by atoms with Crippen LogP contribution in [0.4, 0.5) is 0 Å². The number of rotatable bonds is 4. The molecule has 2 heteroatoms. The molecule has 0 spiro atoms. The quantitative estimate of drug-likeness (QED) is 0.635. The predicted octanol–water partition coefficient (Wildman–Crippen LogP) is 4.97. The number of hydrogen-bond donors (Lipinski definition) is 0. The van der Waals surface area contributed by atoms with Crippen LogP contribution in [-0.4, -0.2) is 5.78 Å². The van der Waals surface area contributed by atoms with Gasteiger partial charge in [0.2, 0.25) is 0 Å². The lowest BCUT2D eigenvalue weighted by Gasteiger charge is -2.18. The zero-order chi connectivity index (χ0) is 15.5. The molecule has 1 aromatic heterocycles. The minimum Gasteiger partial charge on any atom is -0.472 e. The van der Waals surface area contributed by atoms with Crippen LogP contribution in [0.15, 0.2) is 71.5 Å². The van der Waals surface area contributed by atoms with Gasteiger partial charge in [-0.25, -0.2) is 0 Å². The molecule has 0 saturated heterocycles. The van der Waals surface area contributed by atoms with Crippen molar-refractivity contribution in [1.29, 1.82) is 0 Å². The number of hydrogen-bond acceptors (Lipinski definition) is 2. The standard InChI is InChI=1S/C20H18O2/c1-14-12-22-13-19(14)20(17-6-4-3-5-7-17)18-10-8-16(9-11-18)15(2)21/h3-13,20H,1-2H3. The van der Waals surface area contributed by atoms with Crippen molar-refractivity contribution < 1.29 is 9.21 Å². The van der Waals surface area contributed by atoms with Crippen molar-refractivity contribution in [1.82, 2.24) is 0 Å². The summed E-state index contributed by atoms with van der Waals surface area (Å²) in [5.41, 5.74) is 5.38. The van der Waals surface area contributed by atoms with Crippen molar-refractivity contribution in [2.24, 2.45) is 0 Å². The highest BCUT2D eigenvalue weighted by molar-refractivity contribution is 5.94. The van der Waals surface area contributed by atoms with Crippen molar-refractivity contribution in [3.63, 3.8) is 0 Å². The Kier molecular flexibility index (Phi) is 3.92. The van der Waals surface area contributed by atoms with E-state index >= 15 is 0 Å². The Bertz CT molecular complexity index is 767. The summed E-state index contributed by atoms with van der Waals surface area (Å²) < 4.78 is 5.38. The average molecular weight is 290 g/mol. The van der Waals surface area contributed by atoms with E-state index in [1.807, 2.05) is 48.7 Å². The van der Waals surface area contributed by atoms with Crippen LogP contribution in [0, 0.1) is 6.92 Å². The van der Waals surface area contributed by atoms with E-state index in [9.17, 15) is 4.79 Å². The minimum absolute atomic E-state index is 0.0855. The van der Waals surface area contributed by atoms with Crippen LogP contribution in [0.25, 0.3) is 0 Å². The van der Waals surface area contributed by atoms with Crippen LogP contribution in [0.3, 0.4) is 0 Å². The Balaban J connectivity index is 2.10. The highest BCUT2D eigenvalue weighted by Crippen LogP contribution is 2.34. The Hall–Kier alpha value is -2.61. The average Bonchev–Trinajstić information content (AvgIpc) is 2.95. The number of carbonyl (C=O) groups is 1. The highest BCUT2D eigenvalue weighted by atomic mass is 16.3. The molecule has 0 fully saturated rings. The number of furan rings is 1. The molecule has 1 heterocycles. The van der Waals surface area contributed by atoms with Gasteiger partial charge in [-0.05, 0) is 30.5 Å². The van der Waals surface area contributed by atoms with Crippen LogP contribution in [0.1, 0.15) is 45.5 Å². The van der Waals surface area contributed by atoms with Gasteiger partial charge in [0.1, 0.15) is 0 Å². The maximum atomic E-state index is 11.5. The first-order valence-electron chi connectivity index (χ1n) is 7.35. The second-order valence-corrected chi connectivity index (χ2v) is 5.53. The Morgan fingerprint density at radius 3 is 2.09 bits per heavy atom. The van der Waals surface area contributed by atoms with Gasteiger partial charge >= 0.3 is 0 Å². The van der Waals surface area contributed by atoms with Crippen molar-refractivity contribution in [2.45, 2.75) is 19.8 Å². The monoisotopic (exact) mass is 290 g/mol. The van der Waals surface area contributed by atoms with E-state index in [0.29, 0.717) is 0 Å². The number of carbonyl (C=O) groups excluding carboxylic acids is 1. The van der Waals surface area contributed by atoms with E-state index in [-0.39, 0.29) is 11.7 Å². The smallest absolute Gasteiger partial charge is 0.159 e. The minimum atomic E-state index is 0.0855. The van der Waals surface area contributed by atoms with Crippen molar-refractivity contribution >= 4 is 5.78 Å². The van der Waals surface area contributed by atoms with Gasteiger partial charge in [0.15, 0.2) is 5.78 Å². The molecule has 3 aromatic rings. The summed E-state index contributed by atoms with van der Waals surface area (Å²) in [6, 6.07) is 18.2. The number of benzene rings is 2. The third kappa shape index (κ3) is 2.73. The zero-order valence-electron chi connectivity index (χ0n) is 12.7. The summed E-state index contributed by atoms with van der Waals surface area (Å²) in [5, 5.41) is 0. The number of aryl methyl sites for hydroxylation is 1. The van der Waals surface area contributed by atoms with Gasteiger partial charge in [-0.1, -0.05) is 54.6 Å². The fourth-order valence-electron chi connectivity index (χ4n) is 2.77. The van der Waals surface area contributed by atoms with Crippen LogP contribution >= 0.6 is 0 Å². The zero-order valence-corrected chi connectivity index (χ0v) is 12.7. The highest BCUT2D eigenvalue weighted by Gasteiger charge is 2.20. The molecule has 1 atom stereocenters. The topological polar surface area (TPSA) is 30.2 Å². The molecule has 2 aromatic carbocycles. The molecular weight excluding hydrogens is 272 g/mol. The lowest BCUT2D eigenvalue weighted by atomic mass is 9.84. The SMILES string of the molecule is CC(=O)c1ccc(C(c2ccccc2)c2cocc2C)cc1. The first kappa shape index (κ1) is 14.3. The number of Topliss-reactive ketones (excluding diaryl/α,β-unsaturated/α-hetero) is 1. The maximum absolute atomic E-state index is 11.5. The first-order chi connectivity index (χ1) is 10.7. The van der Waals surface area contributed by atoms with Crippen molar-refractivity contribution in [3.05, 3.63) is 94.9 Å². The van der Waals surface area contributed by atoms with Crippen molar-refractivity contribution in [3.8, 4) is 0 Å². The first-order valence-corrected chi connectivity index (χ1v) is 7.35. The summed E-state index contributed by atoms with van der Waals surface area (Å²) in [5.74, 6) is 0.197. The fraction of sp³-hybridized carbons (Fsp3) is 0.150. The maximum Gasteiger partial charge on any atom is 0.159 e.